The molecular formula is C25H17ClF3NO4. The second-order valence-electron chi connectivity index (χ2n) is 7.40. The van der Waals surface area contributed by atoms with Crippen molar-refractivity contribution in [2.45, 2.75) is 13.0 Å². The highest BCUT2D eigenvalue weighted by molar-refractivity contribution is 6.51. The van der Waals surface area contributed by atoms with Crippen molar-refractivity contribution in [3.8, 4) is 5.75 Å². The summed E-state index contributed by atoms with van der Waals surface area (Å²) < 4.78 is 46.5. The molecule has 1 aliphatic heterocycles. The number of hydrogen-bond acceptors (Lipinski definition) is 4. The van der Waals surface area contributed by atoms with E-state index in [0.29, 0.717) is 6.61 Å². The van der Waals surface area contributed by atoms with Crippen molar-refractivity contribution in [3.05, 3.63) is 99.8 Å². The first-order valence-electron chi connectivity index (χ1n) is 10.2. The highest BCUT2D eigenvalue weighted by atomic mass is 35.5. The van der Waals surface area contributed by atoms with Gasteiger partial charge in [0.1, 0.15) is 17.3 Å². The topological polar surface area (TPSA) is 66.8 Å². The molecule has 0 spiro atoms. The van der Waals surface area contributed by atoms with E-state index in [1.807, 2.05) is 0 Å². The van der Waals surface area contributed by atoms with E-state index in [9.17, 15) is 27.9 Å². The number of carbonyl (C=O) groups is 2. The van der Waals surface area contributed by atoms with Crippen molar-refractivity contribution in [3.63, 3.8) is 0 Å². The minimum Gasteiger partial charge on any atom is -0.507 e. The molecule has 1 heterocycles. The second-order valence-corrected chi connectivity index (χ2v) is 7.80. The van der Waals surface area contributed by atoms with Crippen LogP contribution in [0.15, 0.2) is 66.2 Å². The van der Waals surface area contributed by atoms with Crippen LogP contribution < -0.4 is 9.64 Å². The number of carbonyl (C=O) groups excluding carboxylic acids is 2. The molecule has 0 radical (unpaired) electrons. The van der Waals surface area contributed by atoms with Crippen LogP contribution in [0.2, 0.25) is 5.02 Å². The first-order chi connectivity index (χ1) is 16.2. The zero-order valence-electron chi connectivity index (χ0n) is 17.7. The van der Waals surface area contributed by atoms with Gasteiger partial charge in [0.15, 0.2) is 11.6 Å². The first-order valence-corrected chi connectivity index (χ1v) is 10.5. The Morgan fingerprint density at radius 2 is 1.71 bits per heavy atom. The maximum absolute atomic E-state index is 14.0. The zero-order chi connectivity index (χ0) is 24.6. The lowest BCUT2D eigenvalue weighted by Crippen LogP contribution is -2.29. The molecule has 1 aliphatic rings. The van der Waals surface area contributed by atoms with Gasteiger partial charge in [0.2, 0.25) is 0 Å². The fourth-order valence-corrected chi connectivity index (χ4v) is 3.94. The van der Waals surface area contributed by atoms with E-state index in [1.165, 1.54) is 30.3 Å². The Bertz CT molecular complexity index is 1320. The predicted molar refractivity (Wildman–Crippen MR) is 120 cm³/mol. The molecule has 1 fully saturated rings. The molecule has 1 saturated heterocycles. The molecule has 9 heteroatoms. The van der Waals surface area contributed by atoms with Crippen LogP contribution in [0, 0.1) is 17.5 Å². The van der Waals surface area contributed by atoms with Gasteiger partial charge < -0.3 is 9.84 Å². The van der Waals surface area contributed by atoms with Gasteiger partial charge in [-0.15, -0.1) is 0 Å². The molecule has 1 amide bonds. The van der Waals surface area contributed by atoms with E-state index in [0.717, 1.165) is 35.2 Å². The monoisotopic (exact) mass is 487 g/mol. The van der Waals surface area contributed by atoms with Gasteiger partial charge >= 0.3 is 0 Å². The van der Waals surface area contributed by atoms with Gasteiger partial charge in [-0.2, -0.15) is 0 Å². The van der Waals surface area contributed by atoms with Gasteiger partial charge in [0, 0.05) is 17.3 Å². The summed E-state index contributed by atoms with van der Waals surface area (Å²) in [7, 11) is 0. The largest absolute Gasteiger partial charge is 0.507 e. The van der Waals surface area contributed by atoms with Crippen LogP contribution >= 0.6 is 11.6 Å². The lowest BCUT2D eigenvalue weighted by atomic mass is 9.95. The smallest absolute Gasteiger partial charge is 0.300 e. The van der Waals surface area contributed by atoms with Crippen LogP contribution in [-0.4, -0.2) is 23.4 Å². The number of aliphatic hydroxyl groups excluding tert-OH is 1. The van der Waals surface area contributed by atoms with Gasteiger partial charge in [0.05, 0.1) is 23.2 Å². The Kier molecular flexibility index (Phi) is 6.34. The lowest BCUT2D eigenvalue weighted by molar-refractivity contribution is -0.132. The van der Waals surface area contributed by atoms with E-state index in [-0.39, 0.29) is 33.2 Å². The number of anilines is 1. The Balaban J connectivity index is 1.94. The average molecular weight is 488 g/mol. The summed E-state index contributed by atoms with van der Waals surface area (Å²) in [5.74, 6) is -5.32. The molecule has 34 heavy (non-hydrogen) atoms. The van der Waals surface area contributed by atoms with Crippen LogP contribution in [0.4, 0.5) is 18.9 Å². The fraction of sp³-hybridized carbons (Fsp3) is 0.120. The molecule has 0 bridgehead atoms. The normalized spacial score (nSPS) is 17.3. The maximum Gasteiger partial charge on any atom is 0.300 e. The number of rotatable bonds is 5. The molecule has 0 aliphatic carbocycles. The Hall–Kier alpha value is -3.78. The number of amides is 1. The van der Waals surface area contributed by atoms with E-state index in [4.69, 9.17) is 16.3 Å². The van der Waals surface area contributed by atoms with Gasteiger partial charge in [-0.1, -0.05) is 23.7 Å². The molecule has 3 aromatic carbocycles. The molecule has 1 N–H and O–H groups in total. The molecular weight excluding hydrogens is 471 g/mol. The first kappa shape index (κ1) is 23.4. The van der Waals surface area contributed by atoms with Crippen molar-refractivity contribution >= 4 is 34.7 Å². The number of halogens is 4. The minimum atomic E-state index is -1.24. The summed E-state index contributed by atoms with van der Waals surface area (Å²) in [6.45, 7) is 2.03. The summed E-state index contributed by atoms with van der Waals surface area (Å²) in [6, 6.07) is 10.7. The van der Waals surface area contributed by atoms with E-state index < -0.39 is 40.9 Å². The Morgan fingerprint density at radius 1 is 1.00 bits per heavy atom. The molecule has 1 unspecified atom stereocenters. The Morgan fingerprint density at radius 3 is 2.35 bits per heavy atom. The van der Waals surface area contributed by atoms with E-state index in [2.05, 4.69) is 0 Å². The standard InChI is InChI=1S/C25H17ClF3NO4/c1-2-34-20-11-14(5-9-17(20)26)23(31)21-22(13-3-6-15(27)7-4-13)30(25(33)24(21)32)16-8-10-18(28)19(29)12-16/h3-12,22,31H,2H2,1H3/b23-21+. The SMILES string of the molecule is CCOc1cc(/C(O)=C2\C(=O)C(=O)N(c3ccc(F)c(F)c3)C2c2ccc(F)cc2)ccc1Cl. The van der Waals surface area contributed by atoms with Crippen molar-refractivity contribution in [1.29, 1.82) is 0 Å². The van der Waals surface area contributed by atoms with Crippen molar-refractivity contribution in [1.82, 2.24) is 0 Å². The number of ether oxygens (including phenoxy) is 1. The number of Topliss-reactive ketones (excluding diaryl/α,β-unsaturated/α-hetero) is 1. The molecule has 174 valence electrons. The third-order valence-electron chi connectivity index (χ3n) is 5.32. The van der Waals surface area contributed by atoms with Gasteiger partial charge in [-0.25, -0.2) is 13.2 Å². The van der Waals surface area contributed by atoms with Gasteiger partial charge in [0.25, 0.3) is 11.7 Å². The summed E-state index contributed by atoms with van der Waals surface area (Å²) in [5.41, 5.74) is -0.0132. The third kappa shape index (κ3) is 4.12. The Labute approximate surface area is 197 Å². The maximum atomic E-state index is 14.0. The highest BCUT2D eigenvalue weighted by Gasteiger charge is 2.47. The minimum absolute atomic E-state index is 0.111. The fourth-order valence-electron chi connectivity index (χ4n) is 3.77. The van der Waals surface area contributed by atoms with Crippen LogP contribution in [0.3, 0.4) is 0 Å². The number of hydrogen-bond donors (Lipinski definition) is 1. The molecule has 0 saturated carbocycles. The van der Waals surface area contributed by atoms with Crippen molar-refractivity contribution in [2.24, 2.45) is 0 Å². The number of ketones is 1. The lowest BCUT2D eigenvalue weighted by Gasteiger charge is -2.25. The van der Waals surface area contributed by atoms with E-state index in [1.54, 1.807) is 6.92 Å². The quantitative estimate of drug-likeness (QED) is 0.281. The summed E-state index contributed by atoms with van der Waals surface area (Å²) in [5, 5.41) is 11.4. The number of nitrogens with zero attached hydrogens (tertiary/aromatic N) is 1. The van der Waals surface area contributed by atoms with Gasteiger partial charge in [-0.05, 0) is 55.0 Å². The van der Waals surface area contributed by atoms with Crippen molar-refractivity contribution < 1.29 is 32.6 Å². The van der Waals surface area contributed by atoms with Crippen LogP contribution in [-0.2, 0) is 9.59 Å². The molecule has 5 nitrogen and oxygen atoms in total. The molecule has 4 rings (SSSR count). The molecule has 1 atom stereocenters. The van der Waals surface area contributed by atoms with Crippen LogP contribution in [0.1, 0.15) is 24.1 Å². The number of aliphatic hydroxyl groups is 1. The van der Waals surface area contributed by atoms with Gasteiger partial charge in [-0.3, -0.25) is 14.5 Å². The molecule has 3 aromatic rings. The second kappa shape index (κ2) is 9.23. The van der Waals surface area contributed by atoms with E-state index >= 15 is 0 Å². The summed E-state index contributed by atoms with van der Waals surface area (Å²) >= 11 is 6.11. The average Bonchev–Trinajstić information content (AvgIpc) is 3.08. The van der Waals surface area contributed by atoms with Crippen LogP contribution in [0.5, 0.6) is 5.75 Å². The van der Waals surface area contributed by atoms with Crippen LogP contribution in [0.25, 0.3) is 5.76 Å². The third-order valence-corrected chi connectivity index (χ3v) is 5.63. The highest BCUT2D eigenvalue weighted by Crippen LogP contribution is 2.43. The number of benzene rings is 3. The summed E-state index contributed by atoms with van der Waals surface area (Å²) in [6.07, 6.45) is 0. The van der Waals surface area contributed by atoms with Crippen molar-refractivity contribution in [2.75, 3.05) is 11.5 Å². The molecule has 0 aromatic heterocycles. The summed E-state index contributed by atoms with van der Waals surface area (Å²) in [4.78, 5) is 27.0. The zero-order valence-corrected chi connectivity index (χ0v) is 18.4. The predicted octanol–water partition coefficient (Wildman–Crippen LogP) is 5.78.